The molecule has 1 fully saturated rings. The summed E-state index contributed by atoms with van der Waals surface area (Å²) in [6.07, 6.45) is 2.73. The quantitative estimate of drug-likeness (QED) is 0.640. The van der Waals surface area contributed by atoms with E-state index in [1.165, 1.54) is 17.2 Å². The van der Waals surface area contributed by atoms with Crippen LogP contribution in [0, 0.1) is 5.41 Å². The predicted molar refractivity (Wildman–Crippen MR) is 61.6 cm³/mol. The van der Waals surface area contributed by atoms with Crippen molar-refractivity contribution in [2.75, 3.05) is 0 Å². The van der Waals surface area contributed by atoms with Gasteiger partial charge in [-0.15, -0.1) is 0 Å². The third-order valence-electron chi connectivity index (χ3n) is 3.10. The molecule has 1 amide bonds. The number of hydrogen-bond donors (Lipinski definition) is 0. The van der Waals surface area contributed by atoms with Gasteiger partial charge in [0.2, 0.25) is 5.91 Å². The van der Waals surface area contributed by atoms with Crippen LogP contribution in [0.15, 0.2) is 12.3 Å². The lowest BCUT2D eigenvalue weighted by Gasteiger charge is -2.42. The predicted octanol–water partition coefficient (Wildman–Crippen LogP) is 0.471. The number of sulfone groups is 1. The van der Waals surface area contributed by atoms with Gasteiger partial charge in [0, 0.05) is 11.6 Å². The molecule has 0 aliphatic carbocycles. The van der Waals surface area contributed by atoms with E-state index in [9.17, 15) is 18.0 Å². The van der Waals surface area contributed by atoms with E-state index in [2.05, 4.69) is 0 Å². The minimum atomic E-state index is -3.61. The Balaban J connectivity index is 2.38. The topological polar surface area (TPSA) is 71.5 Å². The zero-order valence-corrected chi connectivity index (χ0v) is 10.8. The van der Waals surface area contributed by atoms with Crippen LogP contribution in [0.5, 0.6) is 0 Å². The molecule has 0 aromatic carbocycles. The molecule has 0 aromatic rings. The van der Waals surface area contributed by atoms with Crippen molar-refractivity contribution in [3.8, 4) is 0 Å². The van der Waals surface area contributed by atoms with E-state index in [-0.39, 0.29) is 18.1 Å². The molecule has 0 spiro atoms. The fourth-order valence-corrected chi connectivity index (χ4v) is 4.13. The Kier molecular flexibility index (Phi) is 2.47. The average molecular weight is 257 g/mol. The van der Waals surface area contributed by atoms with Crippen LogP contribution in [0.1, 0.15) is 27.2 Å². The van der Waals surface area contributed by atoms with Crippen molar-refractivity contribution in [1.29, 1.82) is 0 Å². The minimum absolute atomic E-state index is 0.0133. The maximum Gasteiger partial charge on any atom is 0.230 e. The molecular formula is C11H15NO4S. The van der Waals surface area contributed by atoms with Crippen molar-refractivity contribution in [2.45, 2.75) is 37.8 Å². The van der Waals surface area contributed by atoms with Crippen LogP contribution in [0.2, 0.25) is 0 Å². The molecule has 1 saturated heterocycles. The number of hydrogen-bond acceptors (Lipinski definition) is 4. The molecule has 6 heteroatoms. The molecule has 5 nitrogen and oxygen atoms in total. The van der Waals surface area contributed by atoms with Crippen LogP contribution in [0.4, 0.5) is 0 Å². The Labute approximate surface area is 100 Å². The molecular weight excluding hydrogens is 242 g/mol. The van der Waals surface area contributed by atoms with Gasteiger partial charge in [-0.1, -0.05) is 20.8 Å². The molecule has 2 atom stereocenters. The Morgan fingerprint density at radius 2 is 2.00 bits per heavy atom. The SMILES string of the molecule is CC(C)(C)C(=O)C1C=CN2C(=O)C[C@H]2S1(=O)=O. The summed E-state index contributed by atoms with van der Waals surface area (Å²) in [7, 11) is -3.61. The second-order valence-corrected chi connectivity index (χ2v) is 7.66. The van der Waals surface area contributed by atoms with Gasteiger partial charge in [-0.2, -0.15) is 0 Å². The Morgan fingerprint density at radius 3 is 2.47 bits per heavy atom. The number of fused-ring (bicyclic) bond motifs is 1. The van der Waals surface area contributed by atoms with Gasteiger partial charge in [-0.25, -0.2) is 8.42 Å². The van der Waals surface area contributed by atoms with Crippen molar-refractivity contribution in [3.05, 3.63) is 12.3 Å². The highest BCUT2D eigenvalue weighted by atomic mass is 32.2. The van der Waals surface area contributed by atoms with E-state index in [1.54, 1.807) is 20.8 Å². The van der Waals surface area contributed by atoms with Gasteiger partial charge in [0.25, 0.3) is 0 Å². The molecule has 94 valence electrons. The Morgan fingerprint density at radius 1 is 1.41 bits per heavy atom. The summed E-state index contributed by atoms with van der Waals surface area (Å²) < 4.78 is 24.3. The summed E-state index contributed by atoms with van der Waals surface area (Å²) in [5.41, 5.74) is -0.710. The maximum absolute atomic E-state index is 12.1. The van der Waals surface area contributed by atoms with Crippen LogP contribution >= 0.6 is 0 Å². The first-order valence-electron chi connectivity index (χ1n) is 5.42. The van der Waals surface area contributed by atoms with Gasteiger partial charge >= 0.3 is 0 Å². The average Bonchev–Trinajstić information content (AvgIpc) is 2.16. The number of β-lactam (4-membered cyclic amide) rings is 1. The van der Waals surface area contributed by atoms with Crippen molar-refractivity contribution in [2.24, 2.45) is 5.41 Å². The van der Waals surface area contributed by atoms with E-state index in [4.69, 9.17) is 0 Å². The molecule has 0 radical (unpaired) electrons. The van der Waals surface area contributed by atoms with E-state index in [0.717, 1.165) is 0 Å². The van der Waals surface area contributed by atoms with E-state index in [0.29, 0.717) is 0 Å². The summed E-state index contributed by atoms with van der Waals surface area (Å²) in [5.74, 6) is -0.538. The lowest BCUT2D eigenvalue weighted by molar-refractivity contribution is -0.138. The van der Waals surface area contributed by atoms with Gasteiger partial charge in [-0.05, 0) is 6.08 Å². The van der Waals surface area contributed by atoms with Crippen LogP contribution < -0.4 is 0 Å². The third kappa shape index (κ3) is 1.71. The van der Waals surface area contributed by atoms with Crippen LogP contribution in [-0.2, 0) is 19.4 Å². The summed E-state index contributed by atoms with van der Waals surface area (Å²) in [6.45, 7) is 5.07. The van der Waals surface area contributed by atoms with E-state index in [1.807, 2.05) is 0 Å². The second kappa shape index (κ2) is 3.41. The molecule has 0 bridgehead atoms. The number of Topliss-reactive ketones (excluding diaryl/α,β-unsaturated/α-hetero) is 1. The first-order valence-corrected chi connectivity index (χ1v) is 7.03. The second-order valence-electron chi connectivity index (χ2n) is 5.43. The summed E-state index contributed by atoms with van der Waals surface area (Å²) in [6, 6.07) is 0. The third-order valence-corrected chi connectivity index (χ3v) is 5.33. The monoisotopic (exact) mass is 257 g/mol. The van der Waals surface area contributed by atoms with Gasteiger partial charge in [0.1, 0.15) is 10.6 Å². The van der Waals surface area contributed by atoms with Gasteiger partial charge in [0.15, 0.2) is 15.6 Å². The number of ketones is 1. The molecule has 0 saturated carbocycles. The van der Waals surface area contributed by atoms with Crippen molar-refractivity contribution >= 4 is 21.5 Å². The van der Waals surface area contributed by atoms with Crippen molar-refractivity contribution in [1.82, 2.24) is 4.90 Å². The number of rotatable bonds is 1. The highest BCUT2D eigenvalue weighted by molar-refractivity contribution is 7.93. The molecule has 2 aliphatic rings. The number of carbonyl (C=O) groups excluding carboxylic acids is 2. The van der Waals surface area contributed by atoms with E-state index < -0.39 is 25.9 Å². The fourth-order valence-electron chi connectivity index (χ4n) is 1.97. The highest BCUT2D eigenvalue weighted by Crippen LogP contribution is 2.34. The molecule has 0 aromatic heterocycles. The molecule has 0 N–H and O–H groups in total. The number of nitrogens with zero attached hydrogens (tertiary/aromatic N) is 1. The van der Waals surface area contributed by atoms with Crippen LogP contribution in [0.3, 0.4) is 0 Å². The lowest BCUT2D eigenvalue weighted by atomic mass is 9.88. The smallest absolute Gasteiger partial charge is 0.230 e. The van der Waals surface area contributed by atoms with Crippen molar-refractivity contribution < 1.29 is 18.0 Å². The standard InChI is InChI=1S/C11H15NO4S/c1-11(2,3)10(14)7-4-5-12-8(13)6-9(12)17(7,15)16/h4-5,7,9H,6H2,1-3H3/t7?,9-/m1/s1. The first kappa shape index (κ1) is 12.3. The molecule has 2 aliphatic heterocycles. The summed E-state index contributed by atoms with van der Waals surface area (Å²) in [4.78, 5) is 24.4. The highest BCUT2D eigenvalue weighted by Gasteiger charge is 2.52. The first-order chi connectivity index (χ1) is 7.65. The summed E-state index contributed by atoms with van der Waals surface area (Å²) in [5, 5.41) is -1.95. The number of amides is 1. The van der Waals surface area contributed by atoms with Crippen LogP contribution in [-0.4, -0.2) is 35.6 Å². The van der Waals surface area contributed by atoms with Gasteiger partial charge in [-0.3, -0.25) is 9.59 Å². The van der Waals surface area contributed by atoms with Gasteiger partial charge < -0.3 is 4.90 Å². The fraction of sp³-hybridized carbons (Fsp3) is 0.636. The largest absolute Gasteiger partial charge is 0.301 e. The molecule has 1 unspecified atom stereocenters. The zero-order valence-electron chi connectivity index (χ0n) is 10.0. The van der Waals surface area contributed by atoms with Crippen LogP contribution in [0.25, 0.3) is 0 Å². The lowest BCUT2D eigenvalue weighted by Crippen LogP contribution is -2.59. The molecule has 2 rings (SSSR count). The van der Waals surface area contributed by atoms with Gasteiger partial charge in [0.05, 0.1) is 6.42 Å². The molecule has 17 heavy (non-hydrogen) atoms. The number of carbonyl (C=O) groups is 2. The summed E-state index contributed by atoms with van der Waals surface area (Å²) >= 11 is 0. The normalized spacial score (nSPS) is 30.8. The Bertz CT molecular complexity index is 512. The van der Waals surface area contributed by atoms with E-state index >= 15 is 0 Å². The Hall–Kier alpha value is -1.17. The molecule has 2 heterocycles. The maximum atomic E-state index is 12.1. The minimum Gasteiger partial charge on any atom is -0.301 e. The van der Waals surface area contributed by atoms with Crippen molar-refractivity contribution in [3.63, 3.8) is 0 Å². The zero-order chi connectivity index (χ0) is 13.0.